The van der Waals surface area contributed by atoms with E-state index >= 15 is 0 Å². The van der Waals surface area contributed by atoms with Gasteiger partial charge in [0.25, 0.3) is 0 Å². The Kier molecular flexibility index (Phi) is 16.9. The molecule has 0 aliphatic rings. The zero-order valence-corrected chi connectivity index (χ0v) is 25.6. The molecule has 0 aromatic heterocycles. The largest absolute Gasteiger partial charge is 0.530 e. The normalized spacial score (nSPS) is 13.6. The van der Waals surface area contributed by atoms with Gasteiger partial charge in [-0.05, 0) is 38.3 Å². The molecule has 0 aliphatic carbocycles. The third-order valence-corrected chi connectivity index (χ3v) is 7.97. The number of aryl methyl sites for hydroxylation is 3. The van der Waals surface area contributed by atoms with Gasteiger partial charge in [0.2, 0.25) is 0 Å². The second kappa shape index (κ2) is 18.4. The van der Waals surface area contributed by atoms with Crippen LogP contribution in [0.15, 0.2) is 12.1 Å². The molecule has 1 unspecified atom stereocenters. The molecule has 210 valence electrons. The predicted molar refractivity (Wildman–Crippen MR) is 154 cm³/mol. The van der Waals surface area contributed by atoms with Crippen LogP contribution in [0.25, 0.3) is 0 Å². The number of quaternary nitrogens is 1. The van der Waals surface area contributed by atoms with Gasteiger partial charge < -0.3 is 9.01 Å². The molecule has 0 saturated carbocycles. The Morgan fingerprint density at radius 2 is 1.08 bits per heavy atom. The Hall–Kier alpha value is -0.870. The van der Waals surface area contributed by atoms with Crippen LogP contribution in [0.4, 0.5) is 0 Å². The number of rotatable bonds is 22. The highest BCUT2D eigenvalue weighted by Crippen LogP contribution is 2.51. The van der Waals surface area contributed by atoms with Crippen molar-refractivity contribution in [3.63, 3.8) is 0 Å². The Labute approximate surface area is 223 Å². The van der Waals surface area contributed by atoms with Crippen LogP contribution in [-0.2, 0) is 13.6 Å². The Morgan fingerprint density at radius 1 is 0.667 bits per heavy atom. The lowest BCUT2D eigenvalue weighted by Gasteiger charge is -2.25. The zero-order chi connectivity index (χ0) is 26.9. The summed E-state index contributed by atoms with van der Waals surface area (Å²) in [6.45, 7) is 9.71. The molecule has 1 rings (SSSR count). The van der Waals surface area contributed by atoms with Crippen molar-refractivity contribution in [2.75, 3.05) is 40.9 Å². The molecule has 0 spiro atoms. The number of benzene rings is 1. The van der Waals surface area contributed by atoms with E-state index in [0.29, 0.717) is 19.0 Å². The van der Waals surface area contributed by atoms with Gasteiger partial charge >= 0.3 is 7.82 Å². The molecule has 0 bridgehead atoms. The van der Waals surface area contributed by atoms with Crippen molar-refractivity contribution in [1.29, 1.82) is 0 Å². The first kappa shape index (κ1) is 33.2. The highest BCUT2D eigenvalue weighted by Gasteiger charge is 2.31. The topological polar surface area (TPSA) is 44.8 Å². The van der Waals surface area contributed by atoms with Crippen molar-refractivity contribution in [1.82, 2.24) is 0 Å². The van der Waals surface area contributed by atoms with Gasteiger partial charge in [-0.15, -0.1) is 0 Å². The predicted octanol–water partition coefficient (Wildman–Crippen LogP) is 9.32. The number of phosphoric acid groups is 1. The number of hydrogen-bond acceptors (Lipinski definition) is 4. The van der Waals surface area contributed by atoms with E-state index in [2.05, 4.69) is 28.1 Å². The maximum atomic E-state index is 13.5. The molecule has 0 heterocycles. The first-order chi connectivity index (χ1) is 17.1. The summed E-state index contributed by atoms with van der Waals surface area (Å²) in [5.74, 6) is 0.607. The molecule has 1 aromatic rings. The third kappa shape index (κ3) is 16.1. The lowest BCUT2D eigenvalue weighted by Crippen LogP contribution is -2.37. The van der Waals surface area contributed by atoms with Gasteiger partial charge in [0.05, 0.1) is 27.7 Å². The van der Waals surface area contributed by atoms with Crippen LogP contribution in [-0.4, -0.2) is 45.4 Å². The summed E-state index contributed by atoms with van der Waals surface area (Å²) in [7, 11) is 2.55. The monoisotopic (exact) mass is 526 g/mol. The van der Waals surface area contributed by atoms with Crippen LogP contribution >= 0.6 is 7.82 Å². The third-order valence-electron chi connectivity index (χ3n) is 6.57. The van der Waals surface area contributed by atoms with Gasteiger partial charge in [0.15, 0.2) is 0 Å². The van der Waals surface area contributed by atoms with E-state index in [9.17, 15) is 4.57 Å². The number of hydrogen-bond donors (Lipinski definition) is 0. The van der Waals surface area contributed by atoms with Crippen LogP contribution < -0.4 is 4.52 Å². The smallest absolute Gasteiger partial charge is 0.403 e. The highest BCUT2D eigenvalue weighted by molar-refractivity contribution is 7.48. The average Bonchev–Trinajstić information content (AvgIpc) is 2.78. The Balaban J connectivity index is 2.33. The first-order valence-corrected chi connectivity index (χ1v) is 16.0. The summed E-state index contributed by atoms with van der Waals surface area (Å²) in [5, 5.41) is 0. The van der Waals surface area contributed by atoms with Gasteiger partial charge in [-0.25, -0.2) is 4.57 Å². The summed E-state index contributed by atoms with van der Waals surface area (Å²) < 4.78 is 31.8. The average molecular weight is 527 g/mol. The number of likely N-dealkylation sites (N-methyl/N-ethyl adjacent to an activating group) is 1. The fourth-order valence-corrected chi connectivity index (χ4v) is 5.76. The molecule has 36 heavy (non-hydrogen) atoms. The number of phosphoric ester groups is 1. The lowest BCUT2D eigenvalue weighted by molar-refractivity contribution is -0.870. The van der Waals surface area contributed by atoms with Crippen molar-refractivity contribution in [3.05, 3.63) is 28.8 Å². The van der Waals surface area contributed by atoms with Crippen LogP contribution in [0.5, 0.6) is 5.75 Å². The van der Waals surface area contributed by atoms with E-state index in [1.54, 1.807) is 0 Å². The second-order valence-electron chi connectivity index (χ2n) is 11.5. The summed E-state index contributed by atoms with van der Waals surface area (Å²) in [6.07, 6.45) is 18.2. The quantitative estimate of drug-likeness (QED) is 0.0858. The Bertz CT molecular complexity index is 737. The highest BCUT2D eigenvalue weighted by atomic mass is 31.2. The second-order valence-corrected chi connectivity index (χ2v) is 13.1. The van der Waals surface area contributed by atoms with Crippen molar-refractivity contribution in [3.8, 4) is 5.75 Å². The van der Waals surface area contributed by atoms with Crippen molar-refractivity contribution in [2.24, 2.45) is 0 Å². The molecule has 0 fully saturated rings. The maximum absolute atomic E-state index is 13.5. The van der Waals surface area contributed by atoms with E-state index < -0.39 is 7.82 Å². The molecule has 0 saturated heterocycles. The van der Waals surface area contributed by atoms with Crippen LogP contribution in [0.3, 0.4) is 0 Å². The molecule has 5 nitrogen and oxygen atoms in total. The van der Waals surface area contributed by atoms with E-state index in [4.69, 9.17) is 13.6 Å². The van der Waals surface area contributed by atoms with E-state index in [1.807, 2.05) is 32.9 Å². The standard InChI is InChI=1S/C30H57NO4P/c1-8-9-10-11-12-13-14-15-16-17-18-19-20-21-23-33-36(32,34-24-22-31(5,6)7)35-30-28(3)25-27(2)26-29(30)4/h25-26H,8-24H2,1-7H3/q+1. The maximum Gasteiger partial charge on any atom is 0.530 e. The minimum Gasteiger partial charge on any atom is -0.403 e. The first-order valence-electron chi connectivity index (χ1n) is 14.5. The molecular weight excluding hydrogens is 469 g/mol. The Morgan fingerprint density at radius 3 is 1.53 bits per heavy atom. The SMILES string of the molecule is CCCCCCCCCCCCCCCCOP(=O)(OCC[N+](C)(C)C)Oc1c(C)cc(C)cc1C. The molecule has 0 N–H and O–H groups in total. The van der Waals surface area contributed by atoms with Gasteiger partial charge in [-0.3, -0.25) is 9.05 Å². The molecule has 1 aromatic carbocycles. The van der Waals surface area contributed by atoms with Gasteiger partial charge in [-0.1, -0.05) is 108 Å². The summed E-state index contributed by atoms with van der Waals surface area (Å²) in [4.78, 5) is 0. The number of unbranched alkanes of at least 4 members (excludes halogenated alkanes) is 13. The molecule has 1 atom stereocenters. The molecule has 0 radical (unpaired) electrons. The molecule has 6 heteroatoms. The zero-order valence-electron chi connectivity index (χ0n) is 24.7. The van der Waals surface area contributed by atoms with Crippen LogP contribution in [0.1, 0.15) is 114 Å². The van der Waals surface area contributed by atoms with E-state index in [1.165, 1.54) is 77.0 Å². The lowest BCUT2D eigenvalue weighted by atomic mass is 10.0. The molecule has 0 amide bonds. The fraction of sp³-hybridized carbons (Fsp3) is 0.800. The van der Waals surface area contributed by atoms with Gasteiger partial charge in [0, 0.05) is 0 Å². The van der Waals surface area contributed by atoms with E-state index in [-0.39, 0.29) is 0 Å². The van der Waals surface area contributed by atoms with Gasteiger partial charge in [0.1, 0.15) is 18.9 Å². The minimum atomic E-state index is -3.69. The van der Waals surface area contributed by atoms with Gasteiger partial charge in [-0.2, -0.15) is 0 Å². The van der Waals surface area contributed by atoms with Crippen molar-refractivity contribution in [2.45, 2.75) is 118 Å². The number of nitrogens with zero attached hydrogens (tertiary/aromatic N) is 1. The molecule has 0 aliphatic heterocycles. The summed E-state index contributed by atoms with van der Waals surface area (Å²) in [5.41, 5.74) is 3.05. The van der Waals surface area contributed by atoms with Crippen LogP contribution in [0.2, 0.25) is 0 Å². The minimum absolute atomic E-state index is 0.323. The van der Waals surface area contributed by atoms with E-state index in [0.717, 1.165) is 40.6 Å². The van der Waals surface area contributed by atoms with Crippen LogP contribution in [0, 0.1) is 20.8 Å². The molecular formula is C30H57NO4P+. The summed E-state index contributed by atoms with van der Waals surface area (Å²) >= 11 is 0. The fourth-order valence-electron chi connectivity index (χ4n) is 4.41. The van der Waals surface area contributed by atoms with Crippen molar-refractivity contribution >= 4 is 7.82 Å². The van der Waals surface area contributed by atoms with Crippen molar-refractivity contribution < 1.29 is 22.6 Å². The summed E-state index contributed by atoms with van der Waals surface area (Å²) in [6, 6.07) is 4.07.